The molecule has 0 saturated heterocycles. The van der Waals surface area contributed by atoms with Crippen LogP contribution in [0.15, 0.2) is 108 Å². The van der Waals surface area contributed by atoms with Gasteiger partial charge in [0.15, 0.2) is 0 Å². The van der Waals surface area contributed by atoms with E-state index in [0.717, 1.165) is 29.0 Å². The van der Waals surface area contributed by atoms with Crippen LogP contribution in [0.1, 0.15) is 31.4 Å². The number of benzene rings is 3. The van der Waals surface area contributed by atoms with Crippen molar-refractivity contribution in [2.24, 2.45) is 0 Å². The van der Waals surface area contributed by atoms with Crippen molar-refractivity contribution < 1.29 is 14.3 Å². The molecule has 4 aromatic rings. The van der Waals surface area contributed by atoms with E-state index in [1.54, 1.807) is 17.7 Å². The van der Waals surface area contributed by atoms with Crippen LogP contribution < -0.4 is 4.74 Å². The summed E-state index contributed by atoms with van der Waals surface area (Å²) in [5.41, 5.74) is 4.63. The number of amides is 2. The van der Waals surface area contributed by atoms with Crippen molar-refractivity contribution in [1.82, 2.24) is 14.7 Å². The number of hydrogen-bond acceptors (Lipinski definition) is 5. The number of carbonyl (C=O) groups excluding carboxylic acids is 2. The van der Waals surface area contributed by atoms with Crippen molar-refractivity contribution in [3.63, 3.8) is 0 Å². The third kappa shape index (κ3) is 5.87. The quantitative estimate of drug-likeness (QED) is 0.187. The number of rotatable bonds is 9. The maximum atomic E-state index is 13.8. The van der Waals surface area contributed by atoms with E-state index in [9.17, 15) is 14.9 Å². The van der Waals surface area contributed by atoms with Crippen molar-refractivity contribution in [2.75, 3.05) is 13.2 Å². The van der Waals surface area contributed by atoms with Crippen LogP contribution in [0.3, 0.4) is 0 Å². The molecule has 0 atom stereocenters. The molecule has 0 saturated carbocycles. The van der Waals surface area contributed by atoms with Gasteiger partial charge in [0.25, 0.3) is 11.8 Å². The molecule has 5 rings (SSSR count). The lowest BCUT2D eigenvalue weighted by Crippen LogP contribution is -2.43. The molecule has 0 spiro atoms. The standard InChI is InChI=1S/C34H30N4O3/c1-3-19-41-29-16-10-13-26(20-29)32-27(23-38(36-32)28-14-8-5-9-15-28)21-30-24(2)31(22-35)34(40)37(33(30)39)18-17-25-11-6-4-7-12-25/h4-16,20-21,23H,3,17-19H2,1-2H3/b30-21+. The van der Waals surface area contributed by atoms with Crippen LogP contribution in [0.25, 0.3) is 23.0 Å². The Morgan fingerprint density at radius 2 is 1.68 bits per heavy atom. The maximum absolute atomic E-state index is 13.8. The van der Waals surface area contributed by atoms with Crippen LogP contribution in [0.5, 0.6) is 5.75 Å². The number of aromatic nitrogens is 2. The average molecular weight is 543 g/mol. The molecule has 1 aromatic heterocycles. The van der Waals surface area contributed by atoms with Crippen molar-refractivity contribution in [1.29, 1.82) is 5.26 Å². The van der Waals surface area contributed by atoms with E-state index < -0.39 is 11.8 Å². The summed E-state index contributed by atoms with van der Waals surface area (Å²) < 4.78 is 7.62. The summed E-state index contributed by atoms with van der Waals surface area (Å²) in [7, 11) is 0. The zero-order chi connectivity index (χ0) is 28.8. The molecular formula is C34H30N4O3. The number of hydrogen-bond donors (Lipinski definition) is 0. The smallest absolute Gasteiger partial charge is 0.271 e. The Morgan fingerprint density at radius 1 is 0.951 bits per heavy atom. The molecule has 0 aliphatic carbocycles. The predicted molar refractivity (Wildman–Crippen MR) is 158 cm³/mol. The summed E-state index contributed by atoms with van der Waals surface area (Å²) in [6.45, 7) is 4.47. The van der Waals surface area contributed by atoms with Gasteiger partial charge in [0.1, 0.15) is 23.1 Å². The molecule has 2 amide bonds. The van der Waals surface area contributed by atoms with Crippen LogP contribution >= 0.6 is 0 Å². The Hall–Kier alpha value is -5.22. The second kappa shape index (κ2) is 12.3. The van der Waals surface area contributed by atoms with E-state index in [1.807, 2.05) is 97.2 Å². The zero-order valence-corrected chi connectivity index (χ0v) is 23.1. The summed E-state index contributed by atoms with van der Waals surface area (Å²) in [5.74, 6) is -0.267. The minimum atomic E-state index is -0.566. The van der Waals surface area contributed by atoms with Crippen LogP contribution in [-0.4, -0.2) is 39.6 Å². The molecule has 0 fully saturated rings. The highest BCUT2D eigenvalue weighted by atomic mass is 16.5. The van der Waals surface area contributed by atoms with E-state index >= 15 is 0 Å². The Labute approximate surface area is 239 Å². The number of nitrogens with zero attached hydrogens (tertiary/aromatic N) is 4. The molecule has 0 unspecified atom stereocenters. The van der Waals surface area contributed by atoms with Gasteiger partial charge in [-0.1, -0.05) is 67.6 Å². The lowest BCUT2D eigenvalue weighted by molar-refractivity contribution is -0.140. The number of nitriles is 1. The van der Waals surface area contributed by atoms with Gasteiger partial charge >= 0.3 is 0 Å². The topological polar surface area (TPSA) is 88.2 Å². The fourth-order valence-corrected chi connectivity index (χ4v) is 4.76. The number of ether oxygens (including phenoxy) is 1. The van der Waals surface area contributed by atoms with Crippen LogP contribution in [0.2, 0.25) is 0 Å². The Kier molecular flexibility index (Phi) is 8.21. The maximum Gasteiger partial charge on any atom is 0.271 e. The Bertz CT molecular complexity index is 1680. The van der Waals surface area contributed by atoms with Crippen molar-refractivity contribution in [3.05, 3.63) is 119 Å². The van der Waals surface area contributed by atoms with Crippen molar-refractivity contribution in [2.45, 2.75) is 26.7 Å². The van der Waals surface area contributed by atoms with Gasteiger partial charge in [-0.25, -0.2) is 4.68 Å². The number of carbonyl (C=O) groups is 2. The number of para-hydroxylation sites is 1. The van der Waals surface area contributed by atoms with Gasteiger partial charge < -0.3 is 4.74 Å². The van der Waals surface area contributed by atoms with Crippen molar-refractivity contribution in [3.8, 4) is 28.8 Å². The van der Waals surface area contributed by atoms with E-state index in [0.29, 0.717) is 35.4 Å². The van der Waals surface area contributed by atoms with E-state index in [2.05, 4.69) is 6.92 Å². The molecule has 3 aromatic carbocycles. The first-order valence-corrected chi connectivity index (χ1v) is 13.6. The minimum Gasteiger partial charge on any atom is -0.494 e. The first-order valence-electron chi connectivity index (χ1n) is 13.6. The summed E-state index contributed by atoms with van der Waals surface area (Å²) >= 11 is 0. The molecule has 0 bridgehead atoms. The molecule has 7 nitrogen and oxygen atoms in total. The highest BCUT2D eigenvalue weighted by molar-refractivity contribution is 6.19. The van der Waals surface area contributed by atoms with Crippen molar-refractivity contribution >= 4 is 17.9 Å². The molecule has 204 valence electrons. The van der Waals surface area contributed by atoms with Crippen LogP contribution in [0, 0.1) is 11.3 Å². The highest BCUT2D eigenvalue weighted by Crippen LogP contribution is 2.32. The highest BCUT2D eigenvalue weighted by Gasteiger charge is 2.35. The first-order chi connectivity index (χ1) is 20.0. The fraction of sp³-hybridized carbons (Fsp3) is 0.176. The predicted octanol–water partition coefficient (Wildman–Crippen LogP) is 6.16. The molecule has 1 aliphatic heterocycles. The molecular weight excluding hydrogens is 512 g/mol. The summed E-state index contributed by atoms with van der Waals surface area (Å²) in [4.78, 5) is 28.1. The van der Waals surface area contributed by atoms with Gasteiger partial charge in [0.05, 0.1) is 12.3 Å². The molecule has 0 radical (unpaired) electrons. The van der Waals surface area contributed by atoms with Gasteiger partial charge in [-0.2, -0.15) is 10.4 Å². The molecule has 2 heterocycles. The average Bonchev–Trinajstić information content (AvgIpc) is 3.43. The largest absolute Gasteiger partial charge is 0.494 e. The number of imide groups is 1. The fourth-order valence-electron chi connectivity index (χ4n) is 4.76. The summed E-state index contributed by atoms with van der Waals surface area (Å²) in [6, 6.07) is 29.1. The van der Waals surface area contributed by atoms with Gasteiger partial charge in [0.2, 0.25) is 0 Å². The zero-order valence-electron chi connectivity index (χ0n) is 23.1. The molecule has 41 heavy (non-hydrogen) atoms. The Balaban J connectivity index is 1.59. The first kappa shape index (κ1) is 27.4. The lowest BCUT2D eigenvalue weighted by Gasteiger charge is -2.27. The second-order valence-corrected chi connectivity index (χ2v) is 9.76. The monoisotopic (exact) mass is 542 g/mol. The van der Waals surface area contributed by atoms with Crippen LogP contribution in [0.4, 0.5) is 0 Å². The minimum absolute atomic E-state index is 0.0316. The Morgan fingerprint density at radius 3 is 2.39 bits per heavy atom. The summed E-state index contributed by atoms with van der Waals surface area (Å²) in [5, 5.41) is 14.7. The molecule has 0 N–H and O–H groups in total. The van der Waals surface area contributed by atoms with Gasteiger partial charge in [-0.05, 0) is 61.2 Å². The SMILES string of the molecule is CCCOc1cccc(-c2nn(-c3ccccc3)cc2/C=C2/C(=O)N(CCc3ccccc3)C(=O)C(C#N)=C2C)c1. The van der Waals surface area contributed by atoms with E-state index in [-0.39, 0.29) is 12.1 Å². The molecule has 1 aliphatic rings. The van der Waals surface area contributed by atoms with Gasteiger partial charge in [0, 0.05) is 29.4 Å². The van der Waals surface area contributed by atoms with E-state index in [4.69, 9.17) is 9.84 Å². The summed E-state index contributed by atoms with van der Waals surface area (Å²) in [6.07, 6.45) is 4.97. The lowest BCUT2D eigenvalue weighted by atomic mass is 9.93. The van der Waals surface area contributed by atoms with Crippen LogP contribution in [-0.2, 0) is 16.0 Å². The second-order valence-electron chi connectivity index (χ2n) is 9.76. The third-order valence-corrected chi connectivity index (χ3v) is 6.94. The normalized spacial score (nSPS) is 14.5. The van der Waals surface area contributed by atoms with Gasteiger partial charge in [-0.15, -0.1) is 0 Å². The molecule has 7 heteroatoms. The third-order valence-electron chi connectivity index (χ3n) is 6.94. The van der Waals surface area contributed by atoms with Gasteiger partial charge in [-0.3, -0.25) is 14.5 Å². The van der Waals surface area contributed by atoms with E-state index in [1.165, 1.54) is 4.90 Å².